The van der Waals surface area contributed by atoms with E-state index >= 15 is 0 Å². The molecule has 3 nitrogen and oxygen atoms in total. The fourth-order valence-electron chi connectivity index (χ4n) is 2.08. The van der Waals surface area contributed by atoms with Gasteiger partial charge in [0.2, 0.25) is 0 Å². The molecule has 3 heteroatoms. The van der Waals surface area contributed by atoms with Crippen molar-refractivity contribution in [1.29, 1.82) is 0 Å². The second kappa shape index (κ2) is 4.40. The van der Waals surface area contributed by atoms with Crippen molar-refractivity contribution in [3.63, 3.8) is 0 Å². The molecule has 0 aromatic carbocycles. The molecule has 0 atom stereocenters. The minimum Gasteiger partial charge on any atom is -0.291 e. The summed E-state index contributed by atoms with van der Waals surface area (Å²) in [4.78, 5) is 4.13. The van der Waals surface area contributed by atoms with Gasteiger partial charge in [0.15, 0.2) is 0 Å². The van der Waals surface area contributed by atoms with E-state index in [1.807, 2.05) is 18.5 Å². The Balaban J connectivity index is 1.98. The average Bonchev–Trinajstić information content (AvgIpc) is 2.26. The third-order valence-corrected chi connectivity index (χ3v) is 3.13. The SMILES string of the molecule is Cn1c(C(C)(C)C)cn1CCc1cccnc1. The van der Waals surface area contributed by atoms with Gasteiger partial charge in [0.1, 0.15) is 0 Å². The van der Waals surface area contributed by atoms with Crippen LogP contribution in [0.3, 0.4) is 0 Å². The topological polar surface area (TPSA) is 22.8 Å². The predicted octanol–water partition coefficient (Wildman–Crippen LogP) is 2.76. The van der Waals surface area contributed by atoms with E-state index in [9.17, 15) is 0 Å². The Hall–Kier alpha value is -1.51. The van der Waals surface area contributed by atoms with Gasteiger partial charge in [-0.1, -0.05) is 26.8 Å². The molecule has 0 aliphatic heterocycles. The first-order valence-corrected chi connectivity index (χ1v) is 6.10. The quantitative estimate of drug-likeness (QED) is 0.796. The van der Waals surface area contributed by atoms with E-state index < -0.39 is 0 Å². The van der Waals surface area contributed by atoms with Crippen LogP contribution in [-0.4, -0.2) is 14.3 Å². The summed E-state index contributed by atoms with van der Waals surface area (Å²) in [5.74, 6) is 0. The molecule has 2 aromatic rings. The van der Waals surface area contributed by atoms with Crippen LogP contribution in [0.2, 0.25) is 0 Å². The van der Waals surface area contributed by atoms with E-state index in [1.165, 1.54) is 11.3 Å². The number of pyridine rings is 1. The van der Waals surface area contributed by atoms with Crippen molar-refractivity contribution in [2.24, 2.45) is 7.05 Å². The second-order valence-corrected chi connectivity index (χ2v) is 5.56. The summed E-state index contributed by atoms with van der Waals surface area (Å²) in [5, 5.41) is 0. The molecule has 0 amide bonds. The van der Waals surface area contributed by atoms with Crippen molar-refractivity contribution in [3.05, 3.63) is 42.0 Å². The van der Waals surface area contributed by atoms with Crippen molar-refractivity contribution in [2.75, 3.05) is 0 Å². The molecule has 17 heavy (non-hydrogen) atoms. The predicted molar refractivity (Wildman–Crippen MR) is 70.0 cm³/mol. The van der Waals surface area contributed by atoms with E-state index in [4.69, 9.17) is 0 Å². The van der Waals surface area contributed by atoms with Crippen molar-refractivity contribution >= 4 is 0 Å². The Kier molecular flexibility index (Phi) is 3.09. The van der Waals surface area contributed by atoms with E-state index in [1.54, 1.807) is 0 Å². The molecular formula is C14H21N3. The average molecular weight is 231 g/mol. The first-order chi connectivity index (χ1) is 7.98. The van der Waals surface area contributed by atoms with Gasteiger partial charge in [0, 0.05) is 37.6 Å². The maximum Gasteiger partial charge on any atom is 0.0576 e. The fraction of sp³-hybridized carbons (Fsp3) is 0.500. The summed E-state index contributed by atoms with van der Waals surface area (Å²) in [6, 6.07) is 4.12. The van der Waals surface area contributed by atoms with Gasteiger partial charge in [-0.05, 0) is 18.1 Å². The van der Waals surface area contributed by atoms with Gasteiger partial charge < -0.3 is 0 Å². The minimum absolute atomic E-state index is 0.236. The molecule has 2 rings (SSSR count). The number of hydrogen-bond donors (Lipinski definition) is 0. The van der Waals surface area contributed by atoms with E-state index in [0.717, 1.165) is 13.0 Å². The maximum atomic E-state index is 4.13. The third-order valence-electron chi connectivity index (χ3n) is 3.13. The van der Waals surface area contributed by atoms with Gasteiger partial charge in [0.05, 0.1) is 5.69 Å². The highest BCUT2D eigenvalue weighted by Crippen LogP contribution is 2.23. The Morgan fingerprint density at radius 3 is 2.59 bits per heavy atom. The minimum atomic E-state index is 0.236. The lowest BCUT2D eigenvalue weighted by molar-refractivity contribution is 0.376. The highest BCUT2D eigenvalue weighted by Gasteiger charge is 2.21. The Morgan fingerprint density at radius 2 is 2.06 bits per heavy atom. The Labute approximate surface area is 103 Å². The van der Waals surface area contributed by atoms with Crippen molar-refractivity contribution in [3.8, 4) is 0 Å². The zero-order valence-electron chi connectivity index (χ0n) is 11.1. The molecule has 2 heterocycles. The largest absolute Gasteiger partial charge is 0.291 e. The van der Waals surface area contributed by atoms with Crippen LogP contribution in [-0.2, 0) is 25.4 Å². The standard InChI is InChI=1S/C14H21N3/c1-14(2,3)13-11-17(16(13)4)9-7-12-6-5-8-15-10-12/h5-6,8,10-11H,7,9H2,1-4H3. The van der Waals surface area contributed by atoms with Gasteiger partial charge in [-0.15, -0.1) is 0 Å². The molecule has 0 bridgehead atoms. The number of rotatable bonds is 3. The lowest BCUT2D eigenvalue weighted by Gasteiger charge is -2.31. The van der Waals surface area contributed by atoms with Crippen LogP contribution in [0.1, 0.15) is 32.0 Å². The van der Waals surface area contributed by atoms with Crippen LogP contribution >= 0.6 is 0 Å². The molecular weight excluding hydrogens is 210 g/mol. The van der Waals surface area contributed by atoms with E-state index in [2.05, 4.69) is 54.4 Å². The molecule has 0 aliphatic carbocycles. The summed E-state index contributed by atoms with van der Waals surface area (Å²) >= 11 is 0. The van der Waals surface area contributed by atoms with Crippen molar-refractivity contribution in [2.45, 2.75) is 39.2 Å². The van der Waals surface area contributed by atoms with E-state index in [-0.39, 0.29) is 5.41 Å². The van der Waals surface area contributed by atoms with Crippen molar-refractivity contribution in [1.82, 2.24) is 14.3 Å². The molecule has 0 saturated carbocycles. The fourth-order valence-corrected chi connectivity index (χ4v) is 2.08. The summed E-state index contributed by atoms with van der Waals surface area (Å²) in [6.45, 7) is 7.75. The summed E-state index contributed by atoms with van der Waals surface area (Å²) in [6.07, 6.45) is 7.04. The Morgan fingerprint density at radius 1 is 1.29 bits per heavy atom. The van der Waals surface area contributed by atoms with Crippen LogP contribution in [0.25, 0.3) is 0 Å². The maximum absolute atomic E-state index is 4.13. The van der Waals surface area contributed by atoms with Crippen LogP contribution in [0, 0.1) is 0 Å². The first-order valence-electron chi connectivity index (χ1n) is 6.10. The van der Waals surface area contributed by atoms with Crippen LogP contribution in [0.4, 0.5) is 0 Å². The van der Waals surface area contributed by atoms with Gasteiger partial charge in [0.25, 0.3) is 0 Å². The lowest BCUT2D eigenvalue weighted by Crippen LogP contribution is -2.31. The summed E-state index contributed by atoms with van der Waals surface area (Å²) < 4.78 is 4.50. The van der Waals surface area contributed by atoms with Gasteiger partial charge in [-0.2, -0.15) is 0 Å². The van der Waals surface area contributed by atoms with Gasteiger partial charge in [-0.3, -0.25) is 14.3 Å². The van der Waals surface area contributed by atoms with Crippen LogP contribution < -0.4 is 0 Å². The third kappa shape index (κ3) is 2.60. The second-order valence-electron chi connectivity index (χ2n) is 5.56. The molecule has 92 valence electrons. The molecule has 0 aliphatic rings. The highest BCUT2D eigenvalue weighted by atomic mass is 15.4. The number of hydrogen-bond acceptors (Lipinski definition) is 1. The highest BCUT2D eigenvalue weighted by molar-refractivity contribution is 5.13. The van der Waals surface area contributed by atoms with Gasteiger partial charge in [-0.25, -0.2) is 0 Å². The molecule has 0 fully saturated rings. The van der Waals surface area contributed by atoms with Gasteiger partial charge >= 0.3 is 0 Å². The van der Waals surface area contributed by atoms with E-state index in [0.29, 0.717) is 0 Å². The van der Waals surface area contributed by atoms with Crippen molar-refractivity contribution < 1.29 is 0 Å². The Bertz CT molecular complexity index is 471. The summed E-state index contributed by atoms with van der Waals surface area (Å²) in [5.41, 5.74) is 2.92. The monoisotopic (exact) mass is 231 g/mol. The lowest BCUT2D eigenvalue weighted by atomic mass is 9.92. The normalized spacial score (nSPS) is 12.0. The molecule has 0 unspecified atom stereocenters. The number of nitrogens with zero attached hydrogens (tertiary/aromatic N) is 3. The summed E-state index contributed by atoms with van der Waals surface area (Å²) in [7, 11) is 2.13. The smallest absolute Gasteiger partial charge is 0.0576 e. The zero-order chi connectivity index (χ0) is 12.5. The zero-order valence-corrected chi connectivity index (χ0v) is 11.1. The van der Waals surface area contributed by atoms with Crippen LogP contribution in [0.15, 0.2) is 30.7 Å². The molecule has 0 saturated heterocycles. The number of aromatic nitrogens is 3. The molecule has 2 aromatic heterocycles. The molecule has 0 N–H and O–H groups in total. The molecule has 0 radical (unpaired) electrons. The van der Waals surface area contributed by atoms with Crippen LogP contribution in [0.5, 0.6) is 0 Å². The number of aryl methyl sites for hydroxylation is 2. The molecule has 0 spiro atoms. The first kappa shape index (κ1) is 12.0.